The number of ether oxygens (including phenoxy) is 1. The van der Waals surface area contributed by atoms with E-state index in [4.69, 9.17) is 4.74 Å². The summed E-state index contributed by atoms with van der Waals surface area (Å²) < 4.78 is 18.0. The Kier molecular flexibility index (Phi) is 4.78. The van der Waals surface area contributed by atoms with E-state index in [1.165, 1.54) is 36.6 Å². The molecule has 0 bridgehead atoms. The maximum absolute atomic E-state index is 13.0. The number of thiazole rings is 1. The zero-order valence-electron chi connectivity index (χ0n) is 13.2. The minimum Gasteiger partial charge on any atom is -0.504 e. The minimum absolute atomic E-state index is 0.000296. The van der Waals surface area contributed by atoms with Crippen molar-refractivity contribution < 1.29 is 14.2 Å². The highest BCUT2D eigenvalue weighted by atomic mass is 32.1. The Morgan fingerprint density at radius 3 is 2.68 bits per heavy atom. The van der Waals surface area contributed by atoms with Gasteiger partial charge in [-0.15, -0.1) is 11.3 Å². The number of benzene rings is 2. The van der Waals surface area contributed by atoms with Crippen LogP contribution in [0.5, 0.6) is 11.5 Å². The molecule has 0 saturated carbocycles. The predicted octanol–water partition coefficient (Wildman–Crippen LogP) is 4.73. The molecule has 0 spiro atoms. The van der Waals surface area contributed by atoms with Gasteiger partial charge in [-0.25, -0.2) is 9.37 Å². The van der Waals surface area contributed by atoms with E-state index in [9.17, 15) is 14.8 Å². The quantitative estimate of drug-likeness (QED) is 0.690. The molecule has 124 valence electrons. The Hall–Kier alpha value is -3.17. The van der Waals surface area contributed by atoms with Crippen LogP contribution in [0.1, 0.15) is 10.6 Å². The van der Waals surface area contributed by atoms with E-state index in [1.54, 1.807) is 30.3 Å². The smallest absolute Gasteiger partial charge is 0.160 e. The number of halogens is 1. The highest BCUT2D eigenvalue weighted by Crippen LogP contribution is 2.30. The second kappa shape index (κ2) is 7.16. The highest BCUT2D eigenvalue weighted by molar-refractivity contribution is 7.11. The molecule has 0 aliphatic heterocycles. The molecule has 0 aliphatic rings. The average Bonchev–Trinajstić information content (AvgIpc) is 3.10. The Bertz CT molecular complexity index is 972. The zero-order valence-corrected chi connectivity index (χ0v) is 14.0. The number of rotatable bonds is 4. The number of hydrogen-bond donors (Lipinski definition) is 1. The number of aromatic nitrogens is 1. The van der Waals surface area contributed by atoms with Crippen LogP contribution >= 0.6 is 11.3 Å². The molecule has 25 heavy (non-hydrogen) atoms. The van der Waals surface area contributed by atoms with Crippen molar-refractivity contribution in [1.82, 2.24) is 4.98 Å². The first-order valence-corrected chi connectivity index (χ1v) is 8.19. The van der Waals surface area contributed by atoms with E-state index in [-0.39, 0.29) is 11.6 Å². The summed E-state index contributed by atoms with van der Waals surface area (Å²) in [5.41, 5.74) is 2.50. The molecule has 4 nitrogen and oxygen atoms in total. The van der Waals surface area contributed by atoms with Gasteiger partial charge in [-0.2, -0.15) is 5.26 Å². The second-order valence-electron chi connectivity index (χ2n) is 5.15. The van der Waals surface area contributed by atoms with Crippen molar-refractivity contribution in [1.29, 1.82) is 5.26 Å². The van der Waals surface area contributed by atoms with Gasteiger partial charge < -0.3 is 9.84 Å². The molecule has 6 heteroatoms. The van der Waals surface area contributed by atoms with Crippen LogP contribution < -0.4 is 4.74 Å². The van der Waals surface area contributed by atoms with Crippen LogP contribution in [-0.2, 0) is 0 Å². The summed E-state index contributed by atoms with van der Waals surface area (Å²) in [7, 11) is 1.47. The van der Waals surface area contributed by atoms with Gasteiger partial charge in [0, 0.05) is 10.9 Å². The van der Waals surface area contributed by atoms with E-state index in [0.29, 0.717) is 27.6 Å². The highest BCUT2D eigenvalue weighted by Gasteiger charge is 2.10. The van der Waals surface area contributed by atoms with Crippen LogP contribution in [0.15, 0.2) is 47.8 Å². The van der Waals surface area contributed by atoms with Gasteiger partial charge in [-0.3, -0.25) is 0 Å². The molecule has 0 unspecified atom stereocenters. The molecular formula is C19H13FN2O2S. The summed E-state index contributed by atoms with van der Waals surface area (Å²) in [6.45, 7) is 0. The lowest BCUT2D eigenvalue weighted by atomic mass is 10.1. The third-order valence-electron chi connectivity index (χ3n) is 3.51. The normalized spacial score (nSPS) is 11.2. The number of nitriles is 1. The van der Waals surface area contributed by atoms with Crippen molar-refractivity contribution in [2.75, 3.05) is 7.11 Å². The SMILES string of the molecule is COc1ccc(/C=C(\C#N)c2nc(-c3ccc(F)cc3)cs2)cc1O. The van der Waals surface area contributed by atoms with Crippen molar-refractivity contribution in [2.24, 2.45) is 0 Å². The molecule has 3 aromatic rings. The molecule has 0 radical (unpaired) electrons. The van der Waals surface area contributed by atoms with Crippen LogP contribution in [0.3, 0.4) is 0 Å². The number of allylic oxidation sites excluding steroid dienone is 1. The monoisotopic (exact) mass is 352 g/mol. The first-order valence-electron chi connectivity index (χ1n) is 7.31. The first kappa shape index (κ1) is 16.7. The molecule has 0 fully saturated rings. The van der Waals surface area contributed by atoms with Gasteiger partial charge in [0.25, 0.3) is 0 Å². The summed E-state index contributed by atoms with van der Waals surface area (Å²) in [5, 5.41) is 21.7. The van der Waals surface area contributed by atoms with E-state index < -0.39 is 0 Å². The number of phenols is 1. The Labute approximate surface area is 148 Å². The minimum atomic E-state index is -0.309. The summed E-state index contributed by atoms with van der Waals surface area (Å²) in [6.07, 6.45) is 1.65. The lowest BCUT2D eigenvalue weighted by Crippen LogP contribution is -1.85. The van der Waals surface area contributed by atoms with Gasteiger partial charge in [-0.1, -0.05) is 6.07 Å². The zero-order chi connectivity index (χ0) is 17.8. The third kappa shape index (κ3) is 3.67. The number of nitrogens with zero attached hydrogens (tertiary/aromatic N) is 2. The van der Waals surface area contributed by atoms with Gasteiger partial charge in [0.15, 0.2) is 11.5 Å². The van der Waals surface area contributed by atoms with E-state index >= 15 is 0 Å². The molecule has 1 heterocycles. The van der Waals surface area contributed by atoms with Crippen LogP contribution in [0, 0.1) is 17.1 Å². The van der Waals surface area contributed by atoms with Gasteiger partial charge in [0.2, 0.25) is 0 Å². The van der Waals surface area contributed by atoms with Gasteiger partial charge in [0.1, 0.15) is 16.9 Å². The third-order valence-corrected chi connectivity index (χ3v) is 4.38. The number of aromatic hydroxyl groups is 1. The van der Waals surface area contributed by atoms with E-state index in [2.05, 4.69) is 11.1 Å². The molecule has 0 saturated heterocycles. The maximum atomic E-state index is 13.0. The second-order valence-corrected chi connectivity index (χ2v) is 6.00. The Morgan fingerprint density at radius 2 is 2.04 bits per heavy atom. The molecule has 0 atom stereocenters. The summed E-state index contributed by atoms with van der Waals surface area (Å²) in [4.78, 5) is 4.45. The largest absolute Gasteiger partial charge is 0.504 e. The van der Waals surface area contributed by atoms with Gasteiger partial charge >= 0.3 is 0 Å². The molecule has 1 N–H and O–H groups in total. The standard InChI is InChI=1S/C19H13FN2O2S/c1-24-18-7-2-12(9-17(18)23)8-14(10-21)19-22-16(11-25-19)13-3-5-15(20)6-4-13/h2-9,11,23H,1H3/b14-8+. The molecular weight excluding hydrogens is 339 g/mol. The van der Waals surface area contributed by atoms with Gasteiger partial charge in [-0.05, 0) is 48.0 Å². The topological polar surface area (TPSA) is 66.1 Å². The van der Waals surface area contributed by atoms with Crippen molar-refractivity contribution in [2.45, 2.75) is 0 Å². The fourth-order valence-corrected chi connectivity index (χ4v) is 3.05. The lowest BCUT2D eigenvalue weighted by molar-refractivity contribution is 0.373. The maximum Gasteiger partial charge on any atom is 0.160 e. The predicted molar refractivity (Wildman–Crippen MR) is 95.7 cm³/mol. The Balaban J connectivity index is 1.92. The van der Waals surface area contributed by atoms with Crippen molar-refractivity contribution in [3.8, 4) is 28.8 Å². The number of methoxy groups -OCH3 is 1. The summed E-state index contributed by atoms with van der Waals surface area (Å²) >= 11 is 1.33. The molecule has 0 amide bonds. The molecule has 0 aliphatic carbocycles. The lowest BCUT2D eigenvalue weighted by Gasteiger charge is -2.03. The fourth-order valence-electron chi connectivity index (χ4n) is 2.26. The van der Waals surface area contributed by atoms with Crippen LogP contribution in [-0.4, -0.2) is 17.2 Å². The summed E-state index contributed by atoms with van der Waals surface area (Å²) in [5.74, 6) is 0.0549. The van der Waals surface area contributed by atoms with Crippen LogP contribution in [0.2, 0.25) is 0 Å². The number of hydrogen-bond acceptors (Lipinski definition) is 5. The molecule has 2 aromatic carbocycles. The van der Waals surface area contributed by atoms with E-state index in [1.807, 2.05) is 5.38 Å². The average molecular weight is 352 g/mol. The van der Waals surface area contributed by atoms with Crippen molar-refractivity contribution in [3.63, 3.8) is 0 Å². The van der Waals surface area contributed by atoms with Crippen LogP contribution in [0.25, 0.3) is 22.9 Å². The first-order chi connectivity index (χ1) is 12.1. The van der Waals surface area contributed by atoms with Crippen molar-refractivity contribution in [3.05, 3.63) is 64.2 Å². The molecule has 1 aromatic heterocycles. The van der Waals surface area contributed by atoms with Crippen molar-refractivity contribution >= 4 is 23.0 Å². The van der Waals surface area contributed by atoms with E-state index in [0.717, 1.165) is 5.56 Å². The Morgan fingerprint density at radius 1 is 1.28 bits per heavy atom. The number of phenolic OH excluding ortho intramolecular Hbond substituents is 1. The molecule has 3 rings (SSSR count). The summed E-state index contributed by atoms with van der Waals surface area (Å²) in [6, 6.07) is 13.0. The van der Waals surface area contributed by atoms with Gasteiger partial charge in [0.05, 0.1) is 18.4 Å². The van der Waals surface area contributed by atoms with Crippen LogP contribution in [0.4, 0.5) is 4.39 Å². The fraction of sp³-hybridized carbons (Fsp3) is 0.0526.